The number of thioether (sulfide) groups is 2. The van der Waals surface area contributed by atoms with Crippen LogP contribution in [0.25, 0.3) is 0 Å². The van der Waals surface area contributed by atoms with E-state index in [1.807, 2.05) is 36.4 Å². The summed E-state index contributed by atoms with van der Waals surface area (Å²) in [5.41, 5.74) is 1.29. The Bertz CT molecular complexity index is 780. The van der Waals surface area contributed by atoms with Gasteiger partial charge in [0, 0.05) is 15.4 Å². The van der Waals surface area contributed by atoms with Crippen molar-refractivity contribution < 1.29 is 9.18 Å². The second kappa shape index (κ2) is 8.88. The number of carbonyl (C=O) groups is 1. The van der Waals surface area contributed by atoms with Gasteiger partial charge in [-0.3, -0.25) is 4.79 Å². The third-order valence-electron chi connectivity index (χ3n) is 3.64. The fourth-order valence-corrected chi connectivity index (χ4v) is 5.07. The van der Waals surface area contributed by atoms with E-state index in [9.17, 15) is 9.18 Å². The largest absolute Gasteiger partial charge is 0.298 e. The highest BCUT2D eigenvalue weighted by molar-refractivity contribution is 8.17. The minimum Gasteiger partial charge on any atom is -0.298 e. The molecular formula is C21H17FOS2. The molecule has 0 amide bonds. The Balaban J connectivity index is 1.84. The van der Waals surface area contributed by atoms with Crippen LogP contribution in [0.3, 0.4) is 0 Å². The quantitative estimate of drug-likeness (QED) is 0.285. The van der Waals surface area contributed by atoms with Gasteiger partial charge in [-0.15, -0.1) is 23.5 Å². The van der Waals surface area contributed by atoms with E-state index in [1.54, 1.807) is 29.6 Å². The van der Waals surface area contributed by atoms with Crippen molar-refractivity contribution in [3.8, 4) is 0 Å². The first-order valence-corrected chi connectivity index (χ1v) is 9.67. The van der Waals surface area contributed by atoms with Crippen molar-refractivity contribution >= 4 is 29.8 Å². The van der Waals surface area contributed by atoms with Crippen LogP contribution < -0.4 is 0 Å². The molecule has 1 nitrogen and oxygen atoms in total. The van der Waals surface area contributed by atoms with Crippen LogP contribution in [0.15, 0.2) is 88.7 Å². The van der Waals surface area contributed by atoms with E-state index in [-0.39, 0.29) is 10.4 Å². The van der Waals surface area contributed by atoms with Crippen LogP contribution in [0.1, 0.15) is 15.9 Å². The third kappa shape index (κ3) is 5.21. The highest BCUT2D eigenvalue weighted by Gasteiger charge is 2.16. The zero-order valence-corrected chi connectivity index (χ0v) is 15.1. The van der Waals surface area contributed by atoms with E-state index < -0.39 is 0 Å². The second-order valence-electron chi connectivity index (χ2n) is 5.46. The minimum absolute atomic E-state index is 0.175. The normalized spacial score (nSPS) is 10.8. The molecule has 4 heteroatoms. The van der Waals surface area contributed by atoms with Gasteiger partial charge in [0.25, 0.3) is 0 Å². The van der Waals surface area contributed by atoms with Crippen molar-refractivity contribution in [2.45, 2.75) is 20.8 Å². The molecule has 0 radical (unpaired) electrons. The number of hydrogen-bond acceptors (Lipinski definition) is 3. The summed E-state index contributed by atoms with van der Waals surface area (Å²) in [6, 6.07) is 24.8. The topological polar surface area (TPSA) is 17.1 Å². The SMILES string of the molecule is O=Cc1cc(F)ccc1CC(Sc1ccccc1)Sc1ccccc1. The molecule has 0 N–H and O–H groups in total. The van der Waals surface area contributed by atoms with Gasteiger partial charge in [-0.2, -0.15) is 0 Å². The fraction of sp³-hybridized carbons (Fsp3) is 0.0952. The van der Waals surface area contributed by atoms with Gasteiger partial charge < -0.3 is 0 Å². The molecule has 25 heavy (non-hydrogen) atoms. The van der Waals surface area contributed by atoms with E-state index in [2.05, 4.69) is 24.3 Å². The molecule has 0 aliphatic rings. The summed E-state index contributed by atoms with van der Waals surface area (Å²) in [5.74, 6) is -0.381. The first-order chi connectivity index (χ1) is 12.2. The number of aldehydes is 1. The van der Waals surface area contributed by atoms with E-state index in [0.717, 1.165) is 11.8 Å². The highest BCUT2D eigenvalue weighted by atomic mass is 32.2. The third-order valence-corrected chi connectivity index (χ3v) is 6.17. The maximum absolute atomic E-state index is 13.4. The first-order valence-electron chi connectivity index (χ1n) is 7.91. The number of hydrogen-bond donors (Lipinski definition) is 0. The molecule has 0 bridgehead atoms. The van der Waals surface area contributed by atoms with Crippen LogP contribution in [-0.2, 0) is 6.42 Å². The molecule has 0 aliphatic heterocycles. The fourth-order valence-electron chi connectivity index (χ4n) is 2.45. The lowest BCUT2D eigenvalue weighted by Gasteiger charge is -2.17. The average Bonchev–Trinajstić information content (AvgIpc) is 2.65. The summed E-state index contributed by atoms with van der Waals surface area (Å²) in [6.45, 7) is 0. The molecule has 3 aromatic rings. The Hall–Kier alpha value is -2.04. The van der Waals surface area contributed by atoms with Gasteiger partial charge >= 0.3 is 0 Å². The standard InChI is InChI=1S/C21H17FOS2/c22-18-12-11-16(17(13-18)15-23)14-21(24-19-7-3-1-4-8-19)25-20-9-5-2-6-10-20/h1-13,15,21H,14H2. The lowest BCUT2D eigenvalue weighted by molar-refractivity contribution is 0.112. The summed E-state index contributed by atoms with van der Waals surface area (Å²) in [7, 11) is 0. The molecule has 3 aromatic carbocycles. The molecule has 0 atom stereocenters. The zero-order chi connectivity index (χ0) is 17.5. The Labute approximate surface area is 155 Å². The van der Waals surface area contributed by atoms with Gasteiger partial charge in [-0.05, 0) is 48.4 Å². The molecule has 3 rings (SSSR count). The predicted octanol–water partition coefficient (Wildman–Crippen LogP) is 6.09. The van der Waals surface area contributed by atoms with Crippen molar-refractivity contribution in [3.05, 3.63) is 95.8 Å². The summed E-state index contributed by atoms with van der Waals surface area (Å²) in [6.07, 6.45) is 1.41. The van der Waals surface area contributed by atoms with Crippen LogP contribution in [0, 0.1) is 5.82 Å². The molecule has 0 aromatic heterocycles. The molecule has 0 saturated heterocycles. The lowest BCUT2D eigenvalue weighted by Crippen LogP contribution is -2.05. The minimum atomic E-state index is -0.381. The summed E-state index contributed by atoms with van der Waals surface area (Å²) in [4.78, 5) is 13.6. The van der Waals surface area contributed by atoms with Crippen LogP contribution >= 0.6 is 23.5 Å². The van der Waals surface area contributed by atoms with Crippen molar-refractivity contribution in [1.82, 2.24) is 0 Å². The van der Waals surface area contributed by atoms with Crippen molar-refractivity contribution in [3.63, 3.8) is 0 Å². The molecular weight excluding hydrogens is 351 g/mol. The monoisotopic (exact) mass is 368 g/mol. The number of carbonyl (C=O) groups excluding carboxylic acids is 1. The van der Waals surface area contributed by atoms with Gasteiger partial charge in [0.2, 0.25) is 0 Å². The Morgan fingerprint density at radius 2 is 1.40 bits per heavy atom. The average molecular weight is 368 g/mol. The van der Waals surface area contributed by atoms with Crippen LogP contribution in [0.2, 0.25) is 0 Å². The highest BCUT2D eigenvalue weighted by Crippen LogP contribution is 2.37. The van der Waals surface area contributed by atoms with Gasteiger partial charge in [-0.25, -0.2) is 4.39 Å². The second-order valence-corrected chi connectivity index (χ2v) is 8.31. The molecule has 0 heterocycles. The maximum Gasteiger partial charge on any atom is 0.150 e. The summed E-state index contributed by atoms with van der Waals surface area (Å²) in [5, 5.41) is 0. The van der Waals surface area contributed by atoms with Crippen LogP contribution in [-0.4, -0.2) is 10.9 Å². The number of halogens is 1. The zero-order valence-electron chi connectivity index (χ0n) is 13.5. The van der Waals surface area contributed by atoms with Crippen LogP contribution in [0.5, 0.6) is 0 Å². The van der Waals surface area contributed by atoms with Gasteiger partial charge in [-0.1, -0.05) is 42.5 Å². The van der Waals surface area contributed by atoms with E-state index in [4.69, 9.17) is 0 Å². The molecule has 0 unspecified atom stereocenters. The van der Waals surface area contributed by atoms with Crippen molar-refractivity contribution in [1.29, 1.82) is 0 Å². The lowest BCUT2D eigenvalue weighted by atomic mass is 10.1. The molecule has 0 spiro atoms. The van der Waals surface area contributed by atoms with E-state index >= 15 is 0 Å². The Kier molecular flexibility index (Phi) is 6.31. The first kappa shape index (κ1) is 17.8. The van der Waals surface area contributed by atoms with Gasteiger partial charge in [0.15, 0.2) is 0 Å². The van der Waals surface area contributed by atoms with E-state index in [1.165, 1.54) is 21.9 Å². The van der Waals surface area contributed by atoms with Gasteiger partial charge in [0.1, 0.15) is 12.1 Å². The maximum atomic E-state index is 13.4. The van der Waals surface area contributed by atoms with Gasteiger partial charge in [0.05, 0.1) is 4.58 Å². The molecule has 0 fully saturated rings. The molecule has 0 saturated carbocycles. The molecule has 0 aliphatic carbocycles. The summed E-state index contributed by atoms with van der Waals surface area (Å²) < 4.78 is 13.6. The number of benzene rings is 3. The Morgan fingerprint density at radius 1 is 0.840 bits per heavy atom. The summed E-state index contributed by atoms with van der Waals surface area (Å²) >= 11 is 3.51. The van der Waals surface area contributed by atoms with Crippen molar-refractivity contribution in [2.75, 3.05) is 0 Å². The van der Waals surface area contributed by atoms with Crippen LogP contribution in [0.4, 0.5) is 4.39 Å². The predicted molar refractivity (Wildman–Crippen MR) is 104 cm³/mol. The Morgan fingerprint density at radius 3 is 1.92 bits per heavy atom. The molecule has 126 valence electrons. The van der Waals surface area contributed by atoms with E-state index in [0.29, 0.717) is 12.0 Å². The van der Waals surface area contributed by atoms with Crippen molar-refractivity contribution in [2.24, 2.45) is 0 Å². The number of rotatable bonds is 7. The smallest absolute Gasteiger partial charge is 0.150 e.